The maximum absolute atomic E-state index is 6.34. The van der Waals surface area contributed by atoms with Crippen molar-refractivity contribution >= 4 is 22.9 Å². The molecule has 20 heavy (non-hydrogen) atoms. The smallest absolute Gasteiger partial charge is 0.179 e. The van der Waals surface area contributed by atoms with E-state index in [4.69, 9.17) is 21.1 Å². The fraction of sp³-hybridized carbons (Fsp3) is 0.333. The molecule has 108 valence electrons. The number of benzene rings is 1. The monoisotopic (exact) mass is 311 g/mol. The number of hydrogen-bond donors (Lipinski definition) is 1. The highest BCUT2D eigenvalue weighted by Gasteiger charge is 2.12. The molecule has 0 amide bonds. The van der Waals surface area contributed by atoms with E-state index in [2.05, 4.69) is 23.0 Å². The number of ether oxygens (including phenoxy) is 2. The molecule has 1 heterocycles. The van der Waals surface area contributed by atoms with Crippen LogP contribution < -0.4 is 14.8 Å². The van der Waals surface area contributed by atoms with E-state index in [9.17, 15) is 0 Å². The zero-order valence-electron chi connectivity index (χ0n) is 11.8. The van der Waals surface area contributed by atoms with Crippen molar-refractivity contribution in [2.24, 2.45) is 0 Å². The Morgan fingerprint density at radius 2 is 1.85 bits per heavy atom. The van der Waals surface area contributed by atoms with Gasteiger partial charge in [-0.2, -0.15) is 11.3 Å². The summed E-state index contributed by atoms with van der Waals surface area (Å²) in [6, 6.07) is 3.83. The van der Waals surface area contributed by atoms with Gasteiger partial charge in [-0.05, 0) is 40.4 Å². The van der Waals surface area contributed by atoms with Crippen molar-refractivity contribution in [3.63, 3.8) is 0 Å². The van der Waals surface area contributed by atoms with E-state index in [0.717, 1.165) is 12.1 Å². The largest absolute Gasteiger partial charge is 0.493 e. The summed E-state index contributed by atoms with van der Waals surface area (Å²) in [6.07, 6.45) is 0. The van der Waals surface area contributed by atoms with Crippen LogP contribution in [0.3, 0.4) is 0 Å². The molecule has 2 aromatic rings. The Hall–Kier alpha value is -1.23. The molecule has 1 aromatic carbocycles. The molecule has 1 aromatic heterocycles. The highest BCUT2D eigenvalue weighted by atomic mass is 35.5. The van der Waals surface area contributed by atoms with Crippen molar-refractivity contribution in [3.8, 4) is 11.5 Å². The van der Waals surface area contributed by atoms with Gasteiger partial charge in [0.25, 0.3) is 0 Å². The van der Waals surface area contributed by atoms with E-state index in [-0.39, 0.29) is 0 Å². The second-order valence-electron chi connectivity index (χ2n) is 4.46. The van der Waals surface area contributed by atoms with Gasteiger partial charge in [-0.15, -0.1) is 0 Å². The van der Waals surface area contributed by atoms with E-state index in [0.29, 0.717) is 23.1 Å². The van der Waals surface area contributed by atoms with Crippen LogP contribution in [0.5, 0.6) is 11.5 Å². The van der Waals surface area contributed by atoms with Crippen LogP contribution in [0.25, 0.3) is 0 Å². The molecule has 0 saturated heterocycles. The summed E-state index contributed by atoms with van der Waals surface area (Å²) in [6.45, 7) is 3.64. The topological polar surface area (TPSA) is 30.5 Å². The molecule has 5 heteroatoms. The number of hydrogen-bond acceptors (Lipinski definition) is 4. The quantitative estimate of drug-likeness (QED) is 0.874. The number of nitrogens with one attached hydrogen (secondary N) is 1. The zero-order chi connectivity index (χ0) is 14.5. The standard InChI is InChI=1S/C15H18ClNO2S/c1-10-8-20-9-12(10)7-17-6-11-4-5-13(18-2)15(19-3)14(11)16/h4-5,8-9,17H,6-7H2,1-3H3. The molecule has 0 saturated carbocycles. The number of rotatable bonds is 6. The average molecular weight is 312 g/mol. The summed E-state index contributed by atoms with van der Waals surface area (Å²) < 4.78 is 10.5. The van der Waals surface area contributed by atoms with Crippen LogP contribution >= 0.6 is 22.9 Å². The molecule has 0 unspecified atom stereocenters. The van der Waals surface area contributed by atoms with Gasteiger partial charge in [0, 0.05) is 13.1 Å². The van der Waals surface area contributed by atoms with E-state index in [1.165, 1.54) is 11.1 Å². The van der Waals surface area contributed by atoms with Gasteiger partial charge in [0.05, 0.1) is 19.2 Å². The Bertz CT molecular complexity index is 583. The molecular weight excluding hydrogens is 294 g/mol. The van der Waals surface area contributed by atoms with Crippen LogP contribution in [-0.2, 0) is 13.1 Å². The second kappa shape index (κ2) is 6.97. The second-order valence-corrected chi connectivity index (χ2v) is 5.58. The van der Waals surface area contributed by atoms with Crippen molar-refractivity contribution in [3.05, 3.63) is 44.6 Å². The molecule has 0 spiro atoms. The minimum atomic E-state index is 0.584. The lowest BCUT2D eigenvalue weighted by Gasteiger charge is -2.13. The Balaban J connectivity index is 2.05. The van der Waals surface area contributed by atoms with Gasteiger partial charge < -0.3 is 14.8 Å². The summed E-state index contributed by atoms with van der Waals surface area (Å²) in [5.74, 6) is 1.23. The number of methoxy groups -OCH3 is 2. The summed E-state index contributed by atoms with van der Waals surface area (Å²) in [5.41, 5.74) is 3.64. The predicted molar refractivity (Wildman–Crippen MR) is 84.2 cm³/mol. The van der Waals surface area contributed by atoms with Crippen LogP contribution in [-0.4, -0.2) is 14.2 Å². The summed E-state index contributed by atoms with van der Waals surface area (Å²) >= 11 is 8.07. The number of aryl methyl sites for hydroxylation is 1. The van der Waals surface area contributed by atoms with Crippen LogP contribution in [0, 0.1) is 6.92 Å². The van der Waals surface area contributed by atoms with Gasteiger partial charge in [0.2, 0.25) is 0 Å². The van der Waals surface area contributed by atoms with Crippen molar-refractivity contribution in [2.75, 3.05) is 14.2 Å². The van der Waals surface area contributed by atoms with E-state index >= 15 is 0 Å². The normalized spacial score (nSPS) is 10.6. The number of halogens is 1. The molecule has 0 radical (unpaired) electrons. The molecule has 0 aliphatic rings. The van der Waals surface area contributed by atoms with Crippen LogP contribution in [0.15, 0.2) is 22.9 Å². The molecule has 0 aliphatic carbocycles. The van der Waals surface area contributed by atoms with E-state index in [1.54, 1.807) is 25.6 Å². The highest BCUT2D eigenvalue weighted by molar-refractivity contribution is 7.08. The first kappa shape index (κ1) is 15.2. The third-order valence-electron chi connectivity index (χ3n) is 3.16. The van der Waals surface area contributed by atoms with Gasteiger partial charge in [0.1, 0.15) is 0 Å². The SMILES string of the molecule is COc1ccc(CNCc2cscc2C)c(Cl)c1OC. The Labute approximate surface area is 128 Å². The minimum Gasteiger partial charge on any atom is -0.493 e. The number of thiophene rings is 1. The van der Waals surface area contributed by atoms with Crippen molar-refractivity contribution in [1.82, 2.24) is 5.32 Å². The maximum Gasteiger partial charge on any atom is 0.179 e. The van der Waals surface area contributed by atoms with Gasteiger partial charge in [-0.3, -0.25) is 0 Å². The molecule has 0 atom stereocenters. The van der Waals surface area contributed by atoms with Crippen LogP contribution in [0.2, 0.25) is 5.02 Å². The lowest BCUT2D eigenvalue weighted by atomic mass is 10.2. The minimum absolute atomic E-state index is 0.584. The highest BCUT2D eigenvalue weighted by Crippen LogP contribution is 2.37. The molecule has 2 rings (SSSR count). The van der Waals surface area contributed by atoms with Gasteiger partial charge in [-0.1, -0.05) is 17.7 Å². The third-order valence-corrected chi connectivity index (χ3v) is 4.48. The molecule has 3 nitrogen and oxygen atoms in total. The fourth-order valence-corrected chi connectivity index (χ4v) is 3.12. The van der Waals surface area contributed by atoms with Crippen LogP contribution in [0.4, 0.5) is 0 Å². The lowest BCUT2D eigenvalue weighted by Crippen LogP contribution is -2.13. The van der Waals surface area contributed by atoms with Gasteiger partial charge >= 0.3 is 0 Å². The van der Waals surface area contributed by atoms with E-state index in [1.807, 2.05) is 12.1 Å². The predicted octanol–water partition coefficient (Wildman–Crippen LogP) is 4.02. The van der Waals surface area contributed by atoms with Crippen LogP contribution in [0.1, 0.15) is 16.7 Å². The maximum atomic E-state index is 6.34. The Kier molecular flexibility index (Phi) is 5.29. The molecule has 0 bridgehead atoms. The van der Waals surface area contributed by atoms with Crippen molar-refractivity contribution < 1.29 is 9.47 Å². The molecular formula is C15H18ClNO2S. The van der Waals surface area contributed by atoms with Gasteiger partial charge in [0.15, 0.2) is 11.5 Å². The average Bonchev–Trinajstić information content (AvgIpc) is 2.86. The summed E-state index contributed by atoms with van der Waals surface area (Å²) in [4.78, 5) is 0. The Morgan fingerprint density at radius 1 is 1.10 bits per heavy atom. The summed E-state index contributed by atoms with van der Waals surface area (Å²) in [5, 5.41) is 8.32. The van der Waals surface area contributed by atoms with E-state index < -0.39 is 0 Å². The van der Waals surface area contributed by atoms with Crippen molar-refractivity contribution in [2.45, 2.75) is 20.0 Å². The first-order valence-corrected chi connectivity index (χ1v) is 7.61. The lowest BCUT2D eigenvalue weighted by molar-refractivity contribution is 0.354. The van der Waals surface area contributed by atoms with Crippen molar-refractivity contribution in [1.29, 1.82) is 0 Å². The third kappa shape index (κ3) is 3.26. The zero-order valence-corrected chi connectivity index (χ0v) is 13.4. The molecule has 0 aliphatic heterocycles. The first-order valence-electron chi connectivity index (χ1n) is 6.29. The fourth-order valence-electron chi connectivity index (χ4n) is 1.97. The molecule has 0 fully saturated rings. The molecule has 1 N–H and O–H groups in total. The first-order chi connectivity index (χ1) is 9.67. The van der Waals surface area contributed by atoms with Gasteiger partial charge in [-0.25, -0.2) is 0 Å². The summed E-state index contributed by atoms with van der Waals surface area (Å²) in [7, 11) is 3.20. The Morgan fingerprint density at radius 3 is 2.45 bits per heavy atom.